The van der Waals surface area contributed by atoms with Gasteiger partial charge in [-0.05, 0) is 6.07 Å². The lowest BCUT2D eigenvalue weighted by Crippen LogP contribution is -2.59. The van der Waals surface area contributed by atoms with Crippen LogP contribution in [0.2, 0.25) is 0 Å². The van der Waals surface area contributed by atoms with Crippen molar-refractivity contribution in [1.82, 2.24) is 15.3 Å². The Morgan fingerprint density at radius 2 is 2.00 bits per heavy atom. The molecule has 1 fully saturated rings. The first-order chi connectivity index (χ1) is 9.72. The summed E-state index contributed by atoms with van der Waals surface area (Å²) in [6.45, 7) is 3.14. The fraction of sp³-hybridized carbons (Fsp3) is 0.267. The Labute approximate surface area is 117 Å². The van der Waals surface area contributed by atoms with Gasteiger partial charge in [-0.15, -0.1) is 0 Å². The van der Waals surface area contributed by atoms with E-state index in [1.54, 1.807) is 13.1 Å². The Morgan fingerprint density at radius 3 is 2.70 bits per heavy atom. The summed E-state index contributed by atoms with van der Waals surface area (Å²) in [5.74, 6) is 1.65. The van der Waals surface area contributed by atoms with Crippen molar-refractivity contribution in [2.45, 2.75) is 13.0 Å². The number of carbonyl (C=O) groups excluding carboxylic acids is 1. The maximum Gasteiger partial charge on any atom is 0.217 e. The van der Waals surface area contributed by atoms with Gasteiger partial charge in [0.05, 0.1) is 6.04 Å². The molecule has 0 bridgehead atoms. The summed E-state index contributed by atoms with van der Waals surface area (Å²) in [7, 11) is 0. The number of amides is 1. The molecule has 0 radical (unpaired) electrons. The molecule has 2 aromatic rings. The van der Waals surface area contributed by atoms with Crippen molar-refractivity contribution in [3.8, 4) is 11.4 Å². The fourth-order valence-corrected chi connectivity index (χ4v) is 2.30. The van der Waals surface area contributed by atoms with Crippen molar-refractivity contribution < 1.29 is 4.79 Å². The third kappa shape index (κ3) is 2.61. The van der Waals surface area contributed by atoms with E-state index in [1.165, 1.54) is 0 Å². The zero-order chi connectivity index (χ0) is 13.9. The highest BCUT2D eigenvalue weighted by Crippen LogP contribution is 2.21. The van der Waals surface area contributed by atoms with E-state index < -0.39 is 0 Å². The van der Waals surface area contributed by atoms with Crippen molar-refractivity contribution in [1.29, 1.82) is 0 Å². The van der Waals surface area contributed by atoms with Crippen LogP contribution in [0, 0.1) is 0 Å². The minimum atomic E-state index is 0.0160. The van der Waals surface area contributed by atoms with Gasteiger partial charge in [-0.3, -0.25) is 4.79 Å². The minimum Gasteiger partial charge on any atom is -0.352 e. The molecule has 2 heterocycles. The Balaban J connectivity index is 1.72. The van der Waals surface area contributed by atoms with E-state index in [0.29, 0.717) is 0 Å². The zero-order valence-electron chi connectivity index (χ0n) is 11.3. The van der Waals surface area contributed by atoms with Crippen LogP contribution in [0.5, 0.6) is 0 Å². The van der Waals surface area contributed by atoms with Crippen molar-refractivity contribution >= 4 is 11.7 Å². The molecule has 0 saturated carbocycles. The Hall–Kier alpha value is -2.43. The molecule has 5 nitrogen and oxygen atoms in total. The summed E-state index contributed by atoms with van der Waals surface area (Å²) in [5, 5.41) is 2.90. The molecule has 20 heavy (non-hydrogen) atoms. The van der Waals surface area contributed by atoms with Crippen LogP contribution in [0.4, 0.5) is 5.82 Å². The second-order valence-corrected chi connectivity index (χ2v) is 4.91. The lowest BCUT2D eigenvalue weighted by Gasteiger charge is -2.40. The van der Waals surface area contributed by atoms with E-state index in [2.05, 4.69) is 20.2 Å². The van der Waals surface area contributed by atoms with Gasteiger partial charge >= 0.3 is 0 Å². The topological polar surface area (TPSA) is 58.1 Å². The van der Waals surface area contributed by atoms with Crippen LogP contribution in [0.1, 0.15) is 6.92 Å². The number of hydrogen-bond donors (Lipinski definition) is 1. The highest BCUT2D eigenvalue weighted by molar-refractivity contribution is 5.73. The summed E-state index contributed by atoms with van der Waals surface area (Å²) in [6.07, 6.45) is 1.77. The average molecular weight is 268 g/mol. The Bertz CT molecular complexity index is 608. The molecule has 1 N–H and O–H groups in total. The molecule has 3 rings (SSSR count). The molecule has 0 unspecified atom stereocenters. The number of nitrogens with one attached hydrogen (secondary N) is 1. The first-order valence-electron chi connectivity index (χ1n) is 6.63. The van der Waals surface area contributed by atoms with Gasteiger partial charge in [0, 0.05) is 31.8 Å². The molecule has 0 atom stereocenters. The summed E-state index contributed by atoms with van der Waals surface area (Å²) in [6, 6.07) is 12.0. The van der Waals surface area contributed by atoms with E-state index in [1.807, 2.05) is 36.4 Å². The van der Waals surface area contributed by atoms with Crippen LogP contribution in [-0.4, -0.2) is 35.0 Å². The van der Waals surface area contributed by atoms with E-state index in [9.17, 15) is 4.79 Å². The van der Waals surface area contributed by atoms with Gasteiger partial charge < -0.3 is 10.2 Å². The van der Waals surface area contributed by atoms with Gasteiger partial charge in [-0.2, -0.15) is 0 Å². The largest absolute Gasteiger partial charge is 0.352 e. The number of aromatic nitrogens is 2. The molecule has 0 aliphatic carbocycles. The number of anilines is 1. The van der Waals surface area contributed by atoms with Gasteiger partial charge in [-0.1, -0.05) is 30.3 Å². The molecule has 1 aromatic heterocycles. The van der Waals surface area contributed by atoms with E-state index in [0.717, 1.165) is 30.3 Å². The van der Waals surface area contributed by atoms with Crippen LogP contribution in [0.15, 0.2) is 42.6 Å². The average Bonchev–Trinajstić information content (AvgIpc) is 2.43. The summed E-state index contributed by atoms with van der Waals surface area (Å²) < 4.78 is 0. The number of carbonyl (C=O) groups is 1. The summed E-state index contributed by atoms with van der Waals surface area (Å²) >= 11 is 0. The lowest BCUT2D eigenvalue weighted by atomic mass is 10.1. The predicted octanol–water partition coefficient (Wildman–Crippen LogP) is 1.47. The Morgan fingerprint density at radius 1 is 1.25 bits per heavy atom. The van der Waals surface area contributed by atoms with Crippen molar-refractivity contribution in [2.75, 3.05) is 18.0 Å². The molecule has 1 aromatic carbocycles. The first kappa shape index (κ1) is 12.6. The first-order valence-corrected chi connectivity index (χ1v) is 6.63. The maximum atomic E-state index is 11.0. The van der Waals surface area contributed by atoms with Crippen molar-refractivity contribution in [3.05, 3.63) is 42.6 Å². The minimum absolute atomic E-state index is 0.0160. The molecule has 1 saturated heterocycles. The third-order valence-electron chi connectivity index (χ3n) is 3.29. The smallest absolute Gasteiger partial charge is 0.217 e. The molecule has 102 valence electrons. The molecular weight excluding hydrogens is 252 g/mol. The normalized spacial score (nSPS) is 14.8. The fourth-order valence-electron chi connectivity index (χ4n) is 2.30. The quantitative estimate of drug-likeness (QED) is 0.915. The Kier molecular flexibility index (Phi) is 3.33. The summed E-state index contributed by atoms with van der Waals surface area (Å²) in [5.41, 5.74) is 1.01. The van der Waals surface area contributed by atoms with Crippen molar-refractivity contribution in [3.63, 3.8) is 0 Å². The number of hydrogen-bond acceptors (Lipinski definition) is 4. The van der Waals surface area contributed by atoms with E-state index in [4.69, 9.17) is 0 Å². The molecule has 1 amide bonds. The van der Waals surface area contributed by atoms with E-state index >= 15 is 0 Å². The number of benzene rings is 1. The van der Waals surface area contributed by atoms with Gasteiger partial charge in [0.2, 0.25) is 5.91 Å². The zero-order valence-corrected chi connectivity index (χ0v) is 11.3. The molecule has 0 spiro atoms. The van der Waals surface area contributed by atoms with Gasteiger partial charge in [-0.25, -0.2) is 9.97 Å². The monoisotopic (exact) mass is 268 g/mol. The standard InChI is InChI=1S/C15H16N4O/c1-11(20)17-13-9-19(10-13)14-7-8-16-15(18-14)12-5-3-2-4-6-12/h2-8,13H,9-10H2,1H3,(H,17,20). The highest BCUT2D eigenvalue weighted by Gasteiger charge is 2.28. The number of nitrogens with zero attached hydrogens (tertiary/aromatic N) is 3. The van der Waals surface area contributed by atoms with Crippen molar-refractivity contribution in [2.24, 2.45) is 0 Å². The van der Waals surface area contributed by atoms with Gasteiger partial charge in [0.1, 0.15) is 5.82 Å². The van der Waals surface area contributed by atoms with Crippen LogP contribution < -0.4 is 10.2 Å². The number of rotatable bonds is 3. The maximum absolute atomic E-state index is 11.0. The van der Waals surface area contributed by atoms with Crippen LogP contribution >= 0.6 is 0 Å². The van der Waals surface area contributed by atoms with Crippen LogP contribution in [0.3, 0.4) is 0 Å². The molecule has 1 aliphatic heterocycles. The van der Waals surface area contributed by atoms with Gasteiger partial charge in [0.15, 0.2) is 5.82 Å². The second-order valence-electron chi connectivity index (χ2n) is 4.91. The summed E-state index contributed by atoms with van der Waals surface area (Å²) in [4.78, 5) is 22.0. The SMILES string of the molecule is CC(=O)NC1CN(c2ccnc(-c3ccccc3)n2)C1. The van der Waals surface area contributed by atoms with Crippen LogP contribution in [0.25, 0.3) is 11.4 Å². The predicted molar refractivity (Wildman–Crippen MR) is 77.3 cm³/mol. The molecule has 5 heteroatoms. The van der Waals surface area contributed by atoms with Gasteiger partial charge in [0.25, 0.3) is 0 Å². The third-order valence-corrected chi connectivity index (χ3v) is 3.29. The van der Waals surface area contributed by atoms with Crippen LogP contribution in [-0.2, 0) is 4.79 Å². The molecular formula is C15H16N4O. The van der Waals surface area contributed by atoms with E-state index in [-0.39, 0.29) is 11.9 Å². The molecule has 1 aliphatic rings. The lowest BCUT2D eigenvalue weighted by molar-refractivity contribution is -0.119. The highest BCUT2D eigenvalue weighted by atomic mass is 16.1. The second kappa shape index (κ2) is 5.28.